The highest BCUT2D eigenvalue weighted by atomic mass is 35.5. The summed E-state index contributed by atoms with van der Waals surface area (Å²) in [6.07, 6.45) is 1.62. The second-order valence-corrected chi connectivity index (χ2v) is 6.21. The molecule has 5 nitrogen and oxygen atoms in total. The molecule has 0 spiro atoms. The van der Waals surface area contributed by atoms with Gasteiger partial charge in [-0.2, -0.15) is 5.10 Å². The fourth-order valence-electron chi connectivity index (χ4n) is 2.23. The number of halogens is 1. The molecule has 0 bridgehead atoms. The van der Waals surface area contributed by atoms with Gasteiger partial charge in [0, 0.05) is 16.5 Å². The molecule has 7 heteroatoms. The van der Waals surface area contributed by atoms with Crippen LogP contribution in [0.5, 0.6) is 11.5 Å². The van der Waals surface area contributed by atoms with Crippen LogP contribution in [0.3, 0.4) is 0 Å². The van der Waals surface area contributed by atoms with Gasteiger partial charge in [0.05, 0.1) is 31.2 Å². The summed E-state index contributed by atoms with van der Waals surface area (Å²) in [7, 11) is 3.11. The molecular formula is C18H16ClN3O2S. The van der Waals surface area contributed by atoms with Crippen molar-refractivity contribution in [1.82, 2.24) is 4.98 Å². The summed E-state index contributed by atoms with van der Waals surface area (Å²) in [5.74, 6) is 1.05. The van der Waals surface area contributed by atoms with Crippen molar-refractivity contribution >= 4 is 34.3 Å². The molecule has 2 aromatic carbocycles. The molecule has 25 heavy (non-hydrogen) atoms. The van der Waals surface area contributed by atoms with E-state index in [1.807, 2.05) is 41.8 Å². The maximum absolute atomic E-state index is 6.32. The highest BCUT2D eigenvalue weighted by molar-refractivity contribution is 7.14. The number of ether oxygens (including phenoxy) is 2. The normalized spacial score (nSPS) is 10.8. The van der Waals surface area contributed by atoms with Gasteiger partial charge in [-0.1, -0.05) is 41.9 Å². The molecule has 0 fully saturated rings. The highest BCUT2D eigenvalue weighted by Gasteiger charge is 2.11. The second-order valence-electron chi connectivity index (χ2n) is 4.98. The molecular weight excluding hydrogens is 358 g/mol. The number of rotatable bonds is 6. The Balaban J connectivity index is 1.73. The Bertz CT molecular complexity index is 881. The minimum absolute atomic E-state index is 0.441. The molecule has 0 saturated heterocycles. The van der Waals surface area contributed by atoms with E-state index in [4.69, 9.17) is 21.1 Å². The Labute approximate surface area is 154 Å². The number of nitrogens with one attached hydrogen (secondary N) is 1. The highest BCUT2D eigenvalue weighted by Crippen LogP contribution is 2.36. The number of thiazole rings is 1. The molecule has 1 heterocycles. The Morgan fingerprint density at radius 3 is 2.64 bits per heavy atom. The quantitative estimate of drug-likeness (QED) is 0.492. The zero-order valence-electron chi connectivity index (χ0n) is 13.7. The summed E-state index contributed by atoms with van der Waals surface area (Å²) in [6.45, 7) is 0. The molecule has 0 atom stereocenters. The fraction of sp³-hybridized carbons (Fsp3) is 0.111. The first-order chi connectivity index (χ1) is 12.2. The average Bonchev–Trinajstić information content (AvgIpc) is 3.12. The predicted molar refractivity (Wildman–Crippen MR) is 103 cm³/mol. The van der Waals surface area contributed by atoms with E-state index in [1.54, 1.807) is 26.5 Å². The average molecular weight is 374 g/mol. The van der Waals surface area contributed by atoms with Crippen molar-refractivity contribution in [3.8, 4) is 22.8 Å². The van der Waals surface area contributed by atoms with Gasteiger partial charge in [0.1, 0.15) is 0 Å². The maximum Gasteiger partial charge on any atom is 0.203 e. The number of anilines is 1. The molecule has 3 aromatic rings. The van der Waals surface area contributed by atoms with Gasteiger partial charge in [-0.15, -0.1) is 11.3 Å². The van der Waals surface area contributed by atoms with E-state index in [9.17, 15) is 0 Å². The second kappa shape index (κ2) is 8.00. The molecule has 3 rings (SSSR count). The summed E-state index contributed by atoms with van der Waals surface area (Å²) in [5, 5.41) is 7.33. The first kappa shape index (κ1) is 17.3. The molecule has 0 unspecified atom stereocenters. The number of benzene rings is 2. The number of aromatic nitrogens is 1. The minimum Gasteiger partial charge on any atom is -0.493 e. The van der Waals surface area contributed by atoms with Crippen molar-refractivity contribution in [2.45, 2.75) is 0 Å². The molecule has 1 N–H and O–H groups in total. The van der Waals surface area contributed by atoms with E-state index in [2.05, 4.69) is 15.5 Å². The Morgan fingerprint density at radius 2 is 1.92 bits per heavy atom. The third kappa shape index (κ3) is 3.92. The lowest BCUT2D eigenvalue weighted by Gasteiger charge is -2.10. The van der Waals surface area contributed by atoms with Gasteiger partial charge in [0.15, 0.2) is 11.5 Å². The topological polar surface area (TPSA) is 55.7 Å². The van der Waals surface area contributed by atoms with Crippen molar-refractivity contribution in [3.05, 3.63) is 58.4 Å². The number of hydrogen-bond acceptors (Lipinski definition) is 6. The van der Waals surface area contributed by atoms with Gasteiger partial charge in [0.2, 0.25) is 5.13 Å². The lowest BCUT2D eigenvalue weighted by molar-refractivity contribution is 0.355. The van der Waals surface area contributed by atoms with E-state index >= 15 is 0 Å². The minimum atomic E-state index is 0.441. The van der Waals surface area contributed by atoms with E-state index < -0.39 is 0 Å². The number of methoxy groups -OCH3 is 2. The number of nitrogens with zero attached hydrogens (tertiary/aromatic N) is 2. The van der Waals surface area contributed by atoms with Crippen LogP contribution in [-0.2, 0) is 0 Å². The van der Waals surface area contributed by atoms with Crippen LogP contribution in [0.2, 0.25) is 5.02 Å². The standard InChI is InChI=1S/C18H16ClN3O2S/c1-23-15-9-8-13(16(19)17(15)24-2)10-20-22-18-21-14(11-25-18)12-6-4-3-5-7-12/h3-11H,1-2H3,(H,21,22)/b20-10-. The van der Waals surface area contributed by atoms with Gasteiger partial charge in [-0.25, -0.2) is 4.98 Å². The molecule has 0 radical (unpaired) electrons. The third-order valence-electron chi connectivity index (χ3n) is 3.45. The third-order valence-corrected chi connectivity index (χ3v) is 4.59. The van der Waals surface area contributed by atoms with Gasteiger partial charge in [-0.3, -0.25) is 5.43 Å². The zero-order valence-corrected chi connectivity index (χ0v) is 15.3. The van der Waals surface area contributed by atoms with Crippen LogP contribution in [0.4, 0.5) is 5.13 Å². The molecule has 0 amide bonds. The first-order valence-electron chi connectivity index (χ1n) is 7.43. The van der Waals surface area contributed by atoms with E-state index in [0.29, 0.717) is 27.2 Å². The van der Waals surface area contributed by atoms with E-state index in [0.717, 1.165) is 11.3 Å². The smallest absolute Gasteiger partial charge is 0.203 e. The maximum atomic E-state index is 6.32. The SMILES string of the molecule is COc1ccc(/C=N\Nc2nc(-c3ccccc3)cs2)c(Cl)c1OC. The number of hydrogen-bond donors (Lipinski definition) is 1. The van der Waals surface area contributed by atoms with Gasteiger partial charge in [0.25, 0.3) is 0 Å². The molecule has 0 aliphatic rings. The Morgan fingerprint density at radius 1 is 1.12 bits per heavy atom. The van der Waals surface area contributed by atoms with E-state index in [-0.39, 0.29) is 0 Å². The summed E-state index contributed by atoms with van der Waals surface area (Å²) < 4.78 is 10.5. The largest absolute Gasteiger partial charge is 0.493 e. The van der Waals surface area contributed by atoms with E-state index in [1.165, 1.54) is 11.3 Å². The van der Waals surface area contributed by atoms with Crippen LogP contribution >= 0.6 is 22.9 Å². The van der Waals surface area contributed by atoms with Crippen molar-refractivity contribution in [1.29, 1.82) is 0 Å². The Kier molecular flexibility index (Phi) is 5.53. The van der Waals surface area contributed by atoms with Crippen molar-refractivity contribution in [3.63, 3.8) is 0 Å². The van der Waals surface area contributed by atoms with Gasteiger partial charge >= 0.3 is 0 Å². The molecule has 0 saturated carbocycles. The predicted octanol–water partition coefficient (Wildman–Crippen LogP) is 4.93. The number of hydrazone groups is 1. The summed E-state index contributed by atoms with van der Waals surface area (Å²) >= 11 is 7.81. The van der Waals surface area contributed by atoms with Crippen molar-refractivity contribution < 1.29 is 9.47 Å². The van der Waals surface area contributed by atoms with Crippen LogP contribution in [-0.4, -0.2) is 25.4 Å². The summed E-state index contributed by atoms with van der Waals surface area (Å²) in [5.41, 5.74) is 5.62. The molecule has 128 valence electrons. The van der Waals surface area contributed by atoms with Crippen molar-refractivity contribution in [2.24, 2.45) is 5.10 Å². The van der Waals surface area contributed by atoms with Crippen LogP contribution in [0.1, 0.15) is 5.56 Å². The van der Waals surface area contributed by atoms with Gasteiger partial charge < -0.3 is 9.47 Å². The zero-order chi connectivity index (χ0) is 17.6. The fourth-order valence-corrected chi connectivity index (χ4v) is 3.18. The Hall–Kier alpha value is -2.57. The first-order valence-corrected chi connectivity index (χ1v) is 8.69. The lowest BCUT2D eigenvalue weighted by Crippen LogP contribution is -1.96. The van der Waals surface area contributed by atoms with Crippen LogP contribution < -0.4 is 14.9 Å². The summed E-state index contributed by atoms with van der Waals surface area (Å²) in [6, 6.07) is 13.6. The summed E-state index contributed by atoms with van der Waals surface area (Å²) in [4.78, 5) is 4.51. The molecule has 0 aliphatic heterocycles. The van der Waals surface area contributed by atoms with Crippen LogP contribution in [0, 0.1) is 0 Å². The monoisotopic (exact) mass is 373 g/mol. The van der Waals surface area contributed by atoms with Crippen LogP contribution in [0.25, 0.3) is 11.3 Å². The van der Waals surface area contributed by atoms with Crippen LogP contribution in [0.15, 0.2) is 52.9 Å². The molecule has 1 aromatic heterocycles. The lowest BCUT2D eigenvalue weighted by atomic mass is 10.2. The van der Waals surface area contributed by atoms with Crippen molar-refractivity contribution in [2.75, 3.05) is 19.6 Å². The van der Waals surface area contributed by atoms with Gasteiger partial charge in [-0.05, 0) is 12.1 Å². The molecule has 0 aliphatic carbocycles.